The molecule has 0 saturated carbocycles. The first-order valence-electron chi connectivity index (χ1n) is 12.5. The van der Waals surface area contributed by atoms with Crippen molar-refractivity contribution in [1.29, 1.82) is 0 Å². The minimum atomic E-state index is -1.26. The number of aromatic carboxylic acids is 1. The van der Waals surface area contributed by atoms with Crippen LogP contribution in [-0.2, 0) is 6.42 Å². The van der Waals surface area contributed by atoms with Crippen LogP contribution in [0.25, 0.3) is 22.1 Å². The van der Waals surface area contributed by atoms with Crippen LogP contribution in [0.2, 0.25) is 0 Å². The summed E-state index contributed by atoms with van der Waals surface area (Å²) in [6.45, 7) is 5.71. The summed E-state index contributed by atoms with van der Waals surface area (Å²) < 4.78 is 11.5. The molecule has 2 N–H and O–H groups in total. The third-order valence-corrected chi connectivity index (χ3v) is 6.96. The van der Waals surface area contributed by atoms with Gasteiger partial charge in [-0.3, -0.25) is 4.90 Å². The summed E-state index contributed by atoms with van der Waals surface area (Å²) >= 11 is 0. The Balaban J connectivity index is 1.53. The molecule has 0 atom stereocenters. The Hall–Kier alpha value is -4.10. The lowest BCUT2D eigenvalue weighted by Crippen LogP contribution is -2.25. The molecule has 2 heterocycles. The Morgan fingerprint density at radius 1 is 1.05 bits per heavy atom. The number of fused-ring (bicyclic) bond motifs is 1. The monoisotopic (exact) mass is 499 g/mol. The van der Waals surface area contributed by atoms with Gasteiger partial charge in [0.25, 0.3) is 0 Å². The average Bonchev–Trinajstić information content (AvgIpc) is 3.39. The molecule has 0 aliphatic carbocycles. The average molecular weight is 500 g/mol. The zero-order valence-corrected chi connectivity index (χ0v) is 20.7. The minimum absolute atomic E-state index is 0.140. The first-order valence-corrected chi connectivity index (χ1v) is 12.5. The van der Waals surface area contributed by atoms with E-state index in [0.29, 0.717) is 29.5 Å². The van der Waals surface area contributed by atoms with Gasteiger partial charge >= 0.3 is 11.6 Å². The largest absolute Gasteiger partial charge is 0.507 e. The standard InChI is InChI=1S/C30H29NO6/c1-19-6-2-3-7-22(19)28-24(23-17-25(29(33)34)26(32)18-27(23)37-30(28)35)16-20-8-10-21(11-9-20)36-15-14-31-12-4-5-13-31/h2-3,6-11,17-18,32H,4-5,12-16H2,1H3,(H,33,34). The van der Waals surface area contributed by atoms with E-state index >= 15 is 0 Å². The number of likely N-dealkylation sites (tertiary alicyclic amines) is 1. The van der Waals surface area contributed by atoms with Crippen LogP contribution >= 0.6 is 0 Å². The number of ether oxygens (including phenoxy) is 1. The SMILES string of the molecule is Cc1ccccc1-c1c(Cc2ccc(OCCN3CCCC3)cc2)c2cc(C(=O)O)c(O)cc2oc1=O. The highest BCUT2D eigenvalue weighted by atomic mass is 16.5. The van der Waals surface area contributed by atoms with Gasteiger partial charge in [0.1, 0.15) is 29.3 Å². The van der Waals surface area contributed by atoms with Crippen LogP contribution in [0.15, 0.2) is 69.9 Å². The fourth-order valence-electron chi connectivity index (χ4n) is 4.99. The van der Waals surface area contributed by atoms with E-state index in [1.54, 1.807) is 0 Å². The molecule has 3 aromatic carbocycles. The van der Waals surface area contributed by atoms with E-state index in [2.05, 4.69) is 4.90 Å². The number of hydrogen-bond acceptors (Lipinski definition) is 6. The van der Waals surface area contributed by atoms with Crippen molar-refractivity contribution in [2.75, 3.05) is 26.2 Å². The summed E-state index contributed by atoms with van der Waals surface area (Å²) in [5.41, 5.74) is 2.93. The zero-order valence-electron chi connectivity index (χ0n) is 20.7. The van der Waals surface area contributed by atoms with Crippen LogP contribution in [0.4, 0.5) is 0 Å². The van der Waals surface area contributed by atoms with E-state index in [4.69, 9.17) is 9.15 Å². The van der Waals surface area contributed by atoms with Crippen LogP contribution in [0, 0.1) is 6.92 Å². The van der Waals surface area contributed by atoms with E-state index in [-0.39, 0.29) is 11.1 Å². The molecule has 1 fully saturated rings. The number of hydrogen-bond donors (Lipinski definition) is 2. The maximum absolute atomic E-state index is 13.2. The Bertz CT molecular complexity index is 1500. The summed E-state index contributed by atoms with van der Waals surface area (Å²) in [5, 5.41) is 20.3. The van der Waals surface area contributed by atoms with Crippen molar-refractivity contribution in [1.82, 2.24) is 4.90 Å². The van der Waals surface area contributed by atoms with Crippen LogP contribution in [-0.4, -0.2) is 47.3 Å². The van der Waals surface area contributed by atoms with Gasteiger partial charge in [0.2, 0.25) is 0 Å². The highest BCUT2D eigenvalue weighted by Gasteiger charge is 2.21. The fraction of sp³-hybridized carbons (Fsp3) is 0.267. The summed E-state index contributed by atoms with van der Waals surface area (Å²) in [7, 11) is 0. The molecule has 0 spiro atoms. The molecule has 0 bridgehead atoms. The smallest absolute Gasteiger partial charge is 0.344 e. The maximum Gasteiger partial charge on any atom is 0.344 e. The molecule has 1 aromatic heterocycles. The van der Waals surface area contributed by atoms with Crippen molar-refractivity contribution < 1.29 is 24.2 Å². The van der Waals surface area contributed by atoms with Crippen molar-refractivity contribution in [3.63, 3.8) is 0 Å². The number of carboxylic acids is 1. The summed E-state index contributed by atoms with van der Waals surface area (Å²) in [5.74, 6) is -0.935. The molecule has 4 aromatic rings. The van der Waals surface area contributed by atoms with E-state index in [9.17, 15) is 19.8 Å². The summed E-state index contributed by atoms with van der Waals surface area (Å²) in [4.78, 5) is 27.4. The lowest BCUT2D eigenvalue weighted by atomic mass is 9.91. The fourth-order valence-corrected chi connectivity index (χ4v) is 4.99. The molecule has 5 rings (SSSR count). The number of carbonyl (C=O) groups is 1. The van der Waals surface area contributed by atoms with Crippen molar-refractivity contribution >= 4 is 16.9 Å². The number of rotatable bonds is 8. The van der Waals surface area contributed by atoms with Gasteiger partial charge < -0.3 is 19.4 Å². The lowest BCUT2D eigenvalue weighted by molar-refractivity contribution is 0.0694. The highest BCUT2D eigenvalue weighted by molar-refractivity contribution is 5.98. The third-order valence-electron chi connectivity index (χ3n) is 6.96. The van der Waals surface area contributed by atoms with Gasteiger partial charge in [-0.1, -0.05) is 36.4 Å². The van der Waals surface area contributed by atoms with Crippen LogP contribution in [0.5, 0.6) is 11.5 Å². The zero-order chi connectivity index (χ0) is 25.9. The Morgan fingerprint density at radius 3 is 2.49 bits per heavy atom. The molecule has 190 valence electrons. The molecule has 0 unspecified atom stereocenters. The molecule has 0 amide bonds. The molecule has 37 heavy (non-hydrogen) atoms. The minimum Gasteiger partial charge on any atom is -0.507 e. The normalized spacial score (nSPS) is 13.8. The molecule has 1 aliphatic heterocycles. The van der Waals surface area contributed by atoms with E-state index in [1.807, 2.05) is 55.5 Å². The first-order chi connectivity index (χ1) is 17.9. The van der Waals surface area contributed by atoms with E-state index < -0.39 is 17.3 Å². The molecule has 7 nitrogen and oxygen atoms in total. The number of carboxylic acid groups (broad SMARTS) is 1. The highest BCUT2D eigenvalue weighted by Crippen LogP contribution is 2.34. The Kier molecular flexibility index (Phi) is 6.97. The van der Waals surface area contributed by atoms with E-state index in [1.165, 1.54) is 25.0 Å². The topological polar surface area (TPSA) is 100 Å². The number of benzene rings is 3. The van der Waals surface area contributed by atoms with Crippen molar-refractivity contribution in [3.8, 4) is 22.6 Å². The summed E-state index contributed by atoms with van der Waals surface area (Å²) in [6, 6.07) is 17.8. The predicted octanol–water partition coefficient (Wildman–Crippen LogP) is 5.24. The second-order valence-corrected chi connectivity index (χ2v) is 9.45. The van der Waals surface area contributed by atoms with Gasteiger partial charge in [-0.2, -0.15) is 0 Å². The Labute approximate surface area is 214 Å². The quantitative estimate of drug-likeness (QED) is 0.320. The van der Waals surface area contributed by atoms with Gasteiger partial charge in [0.15, 0.2) is 0 Å². The number of nitrogens with zero attached hydrogens (tertiary/aromatic N) is 1. The summed E-state index contributed by atoms with van der Waals surface area (Å²) in [6.07, 6.45) is 2.86. The lowest BCUT2D eigenvalue weighted by Gasteiger charge is -2.16. The second-order valence-electron chi connectivity index (χ2n) is 9.45. The molecule has 7 heteroatoms. The van der Waals surface area contributed by atoms with Gasteiger partial charge in [-0.15, -0.1) is 0 Å². The molecule has 0 radical (unpaired) electrons. The molecular weight excluding hydrogens is 470 g/mol. The van der Waals surface area contributed by atoms with Crippen LogP contribution in [0.3, 0.4) is 0 Å². The molecule has 1 saturated heterocycles. The first kappa shape index (κ1) is 24.6. The van der Waals surface area contributed by atoms with Gasteiger partial charge in [0, 0.05) is 18.0 Å². The number of aromatic hydroxyl groups is 1. The molecular formula is C30H29NO6. The predicted molar refractivity (Wildman–Crippen MR) is 142 cm³/mol. The maximum atomic E-state index is 13.2. The van der Waals surface area contributed by atoms with Gasteiger partial charge in [0.05, 0.1) is 5.56 Å². The number of aryl methyl sites for hydroxylation is 1. The van der Waals surface area contributed by atoms with Crippen LogP contribution < -0.4 is 10.4 Å². The van der Waals surface area contributed by atoms with Gasteiger partial charge in [-0.05, 0) is 79.7 Å². The van der Waals surface area contributed by atoms with E-state index in [0.717, 1.165) is 42.1 Å². The molecule has 1 aliphatic rings. The Morgan fingerprint density at radius 2 is 1.78 bits per heavy atom. The van der Waals surface area contributed by atoms with Crippen molar-refractivity contribution in [2.24, 2.45) is 0 Å². The number of phenols is 1. The van der Waals surface area contributed by atoms with Crippen molar-refractivity contribution in [2.45, 2.75) is 26.2 Å². The van der Waals surface area contributed by atoms with Crippen molar-refractivity contribution in [3.05, 3.63) is 93.3 Å². The second kappa shape index (κ2) is 10.5. The third kappa shape index (κ3) is 5.22. The van der Waals surface area contributed by atoms with Gasteiger partial charge in [-0.25, -0.2) is 9.59 Å². The van der Waals surface area contributed by atoms with Crippen LogP contribution in [0.1, 0.15) is 39.9 Å².